The van der Waals surface area contributed by atoms with Crippen molar-refractivity contribution in [2.45, 2.75) is 13.8 Å². The molecule has 0 fully saturated rings. The normalized spacial score (nSPS) is 10.1. The molecule has 0 aromatic carbocycles. The molecule has 16 heavy (non-hydrogen) atoms. The highest BCUT2D eigenvalue weighted by molar-refractivity contribution is 5.97. The summed E-state index contributed by atoms with van der Waals surface area (Å²) in [5.41, 5.74) is 1.44. The predicted molar refractivity (Wildman–Crippen MR) is 57.8 cm³/mol. The quantitative estimate of drug-likeness (QED) is 0.707. The minimum absolute atomic E-state index is 0.140. The molecule has 80 valence electrons. The summed E-state index contributed by atoms with van der Waals surface area (Å²) in [6, 6.07) is 1.71. The maximum atomic E-state index is 11.4. The summed E-state index contributed by atoms with van der Waals surface area (Å²) >= 11 is 0. The van der Waals surface area contributed by atoms with Gasteiger partial charge in [-0.05, 0) is 13.0 Å². The van der Waals surface area contributed by atoms with Crippen molar-refractivity contribution in [3.8, 4) is 11.5 Å². The molecular formula is C11H10N4O. The first-order valence-corrected chi connectivity index (χ1v) is 4.80. The van der Waals surface area contributed by atoms with E-state index < -0.39 is 0 Å². The van der Waals surface area contributed by atoms with Crippen LogP contribution in [0.25, 0.3) is 11.5 Å². The maximum absolute atomic E-state index is 11.4. The molecule has 0 spiro atoms. The zero-order chi connectivity index (χ0) is 11.5. The van der Waals surface area contributed by atoms with Crippen molar-refractivity contribution in [1.29, 1.82) is 0 Å². The molecule has 0 atom stereocenters. The Kier molecular flexibility index (Phi) is 2.68. The molecule has 0 N–H and O–H groups in total. The van der Waals surface area contributed by atoms with Crippen LogP contribution in [0.5, 0.6) is 0 Å². The zero-order valence-electron chi connectivity index (χ0n) is 9.01. The van der Waals surface area contributed by atoms with E-state index in [1.165, 1.54) is 6.92 Å². The third-order valence-corrected chi connectivity index (χ3v) is 2.00. The summed E-state index contributed by atoms with van der Waals surface area (Å²) in [4.78, 5) is 27.9. The lowest BCUT2D eigenvalue weighted by Gasteiger charge is -2.03. The predicted octanol–water partition coefficient (Wildman–Crippen LogP) is 1.44. The van der Waals surface area contributed by atoms with Gasteiger partial charge in [0.1, 0.15) is 11.4 Å². The highest BCUT2D eigenvalue weighted by atomic mass is 16.1. The van der Waals surface area contributed by atoms with Crippen LogP contribution < -0.4 is 0 Å². The van der Waals surface area contributed by atoms with Gasteiger partial charge in [-0.2, -0.15) is 0 Å². The van der Waals surface area contributed by atoms with Gasteiger partial charge in [0.25, 0.3) is 0 Å². The number of Topliss-reactive ketones (excluding diaryl/α,β-unsaturated/α-hetero) is 1. The van der Waals surface area contributed by atoms with Gasteiger partial charge in [0, 0.05) is 25.5 Å². The Morgan fingerprint density at radius 1 is 1.19 bits per heavy atom. The van der Waals surface area contributed by atoms with Gasteiger partial charge in [-0.25, -0.2) is 19.9 Å². The lowest BCUT2D eigenvalue weighted by molar-refractivity contribution is 0.101. The Bertz CT molecular complexity index is 525. The monoisotopic (exact) mass is 214 g/mol. The Morgan fingerprint density at radius 3 is 2.50 bits per heavy atom. The van der Waals surface area contributed by atoms with Crippen LogP contribution >= 0.6 is 0 Å². The second-order valence-corrected chi connectivity index (χ2v) is 3.34. The molecule has 2 heterocycles. The average molecular weight is 214 g/mol. The molecule has 0 saturated heterocycles. The van der Waals surface area contributed by atoms with Crippen LogP contribution in [0, 0.1) is 6.92 Å². The Morgan fingerprint density at radius 2 is 1.88 bits per heavy atom. The number of aryl methyl sites for hydroxylation is 1. The van der Waals surface area contributed by atoms with Crippen molar-refractivity contribution in [1.82, 2.24) is 19.9 Å². The first-order valence-electron chi connectivity index (χ1n) is 4.80. The highest BCUT2D eigenvalue weighted by Crippen LogP contribution is 2.15. The standard InChI is InChI=1S/C11H10N4O/c1-7-6-14-10(9(15-7)8(2)16)11-12-4-3-5-13-11/h3-6H,1-2H3. The number of nitrogens with zero attached hydrogens (tertiary/aromatic N) is 4. The van der Waals surface area contributed by atoms with Crippen LogP contribution in [0.1, 0.15) is 23.1 Å². The summed E-state index contributed by atoms with van der Waals surface area (Å²) in [6.45, 7) is 3.24. The number of hydrogen-bond donors (Lipinski definition) is 0. The van der Waals surface area contributed by atoms with Crippen LogP contribution in [0.15, 0.2) is 24.7 Å². The van der Waals surface area contributed by atoms with Crippen LogP contribution in [-0.4, -0.2) is 25.7 Å². The summed E-state index contributed by atoms with van der Waals surface area (Å²) in [5.74, 6) is 0.277. The second kappa shape index (κ2) is 4.14. The Hall–Kier alpha value is -2.17. The fourth-order valence-electron chi connectivity index (χ4n) is 1.31. The Balaban J connectivity index is 2.61. The first-order chi connectivity index (χ1) is 7.68. The molecule has 0 aliphatic carbocycles. The topological polar surface area (TPSA) is 68.6 Å². The fraction of sp³-hybridized carbons (Fsp3) is 0.182. The van der Waals surface area contributed by atoms with Crippen LogP contribution in [0.2, 0.25) is 0 Å². The van der Waals surface area contributed by atoms with Gasteiger partial charge >= 0.3 is 0 Å². The van der Waals surface area contributed by atoms with E-state index in [9.17, 15) is 4.79 Å². The van der Waals surface area contributed by atoms with E-state index in [1.807, 2.05) is 0 Å². The second-order valence-electron chi connectivity index (χ2n) is 3.34. The summed E-state index contributed by atoms with van der Waals surface area (Å²) < 4.78 is 0. The van der Waals surface area contributed by atoms with Crippen molar-refractivity contribution < 1.29 is 4.79 Å². The van der Waals surface area contributed by atoms with Crippen LogP contribution in [0.3, 0.4) is 0 Å². The van der Waals surface area contributed by atoms with Gasteiger partial charge in [0.15, 0.2) is 11.6 Å². The average Bonchev–Trinajstić information content (AvgIpc) is 2.30. The van der Waals surface area contributed by atoms with E-state index in [-0.39, 0.29) is 5.78 Å². The van der Waals surface area contributed by atoms with Gasteiger partial charge in [0.05, 0.1) is 5.69 Å². The summed E-state index contributed by atoms with van der Waals surface area (Å²) in [5, 5.41) is 0. The molecule has 0 unspecified atom stereocenters. The van der Waals surface area contributed by atoms with Crippen molar-refractivity contribution in [2.75, 3.05) is 0 Å². The molecule has 2 aromatic rings. The lowest BCUT2D eigenvalue weighted by Crippen LogP contribution is -2.05. The van der Waals surface area contributed by atoms with E-state index in [4.69, 9.17) is 0 Å². The number of rotatable bonds is 2. The molecular weight excluding hydrogens is 204 g/mol. The summed E-state index contributed by atoms with van der Waals surface area (Å²) in [6.07, 6.45) is 4.81. The van der Waals surface area contributed by atoms with E-state index in [0.717, 1.165) is 0 Å². The third kappa shape index (κ3) is 1.93. The molecule has 0 amide bonds. The maximum Gasteiger partial charge on any atom is 0.180 e. The molecule has 5 heteroatoms. The lowest BCUT2D eigenvalue weighted by atomic mass is 10.2. The molecule has 0 saturated carbocycles. The van der Waals surface area contributed by atoms with Crippen molar-refractivity contribution >= 4 is 5.78 Å². The number of ketones is 1. The van der Waals surface area contributed by atoms with Gasteiger partial charge in [-0.15, -0.1) is 0 Å². The smallest absolute Gasteiger partial charge is 0.180 e. The number of hydrogen-bond acceptors (Lipinski definition) is 5. The Labute approximate surface area is 92.6 Å². The molecule has 0 radical (unpaired) electrons. The van der Waals surface area contributed by atoms with Gasteiger partial charge in [-0.1, -0.05) is 0 Å². The number of carbonyl (C=O) groups excluding carboxylic acids is 1. The molecule has 0 bridgehead atoms. The molecule has 0 aliphatic rings. The van der Waals surface area contributed by atoms with Crippen molar-refractivity contribution in [2.24, 2.45) is 0 Å². The molecule has 2 aromatic heterocycles. The van der Waals surface area contributed by atoms with Crippen molar-refractivity contribution in [3.05, 3.63) is 36.0 Å². The highest BCUT2D eigenvalue weighted by Gasteiger charge is 2.14. The van der Waals surface area contributed by atoms with Crippen molar-refractivity contribution in [3.63, 3.8) is 0 Å². The molecule has 0 aliphatic heterocycles. The molecule has 5 nitrogen and oxygen atoms in total. The third-order valence-electron chi connectivity index (χ3n) is 2.00. The van der Waals surface area contributed by atoms with Crippen LogP contribution in [0.4, 0.5) is 0 Å². The van der Waals surface area contributed by atoms with Gasteiger partial charge in [0.2, 0.25) is 0 Å². The zero-order valence-corrected chi connectivity index (χ0v) is 9.01. The minimum atomic E-state index is -0.140. The largest absolute Gasteiger partial charge is 0.293 e. The van der Waals surface area contributed by atoms with Gasteiger partial charge < -0.3 is 0 Å². The number of carbonyl (C=O) groups is 1. The molecule has 2 rings (SSSR count). The van der Waals surface area contributed by atoms with Crippen LogP contribution in [-0.2, 0) is 0 Å². The first kappa shape index (κ1) is 10.4. The fourth-order valence-corrected chi connectivity index (χ4v) is 1.31. The minimum Gasteiger partial charge on any atom is -0.293 e. The van der Waals surface area contributed by atoms with E-state index in [2.05, 4.69) is 19.9 Å². The SMILES string of the molecule is CC(=O)c1nc(C)cnc1-c1ncccn1. The van der Waals surface area contributed by atoms with E-state index >= 15 is 0 Å². The van der Waals surface area contributed by atoms with Gasteiger partial charge in [-0.3, -0.25) is 4.79 Å². The van der Waals surface area contributed by atoms with E-state index in [1.54, 1.807) is 31.6 Å². The van der Waals surface area contributed by atoms with E-state index in [0.29, 0.717) is 22.9 Å². The number of aromatic nitrogens is 4. The summed E-state index contributed by atoms with van der Waals surface area (Å²) in [7, 11) is 0.